The summed E-state index contributed by atoms with van der Waals surface area (Å²) in [5, 5.41) is 2.79. The van der Waals surface area contributed by atoms with E-state index in [4.69, 9.17) is 5.73 Å². The quantitative estimate of drug-likeness (QED) is 0.751. The molecule has 0 bridgehead atoms. The molecule has 1 aromatic heterocycles. The molecular formula is C10H17N5O. The molecule has 1 rings (SSSR count). The first kappa shape index (κ1) is 12.2. The van der Waals surface area contributed by atoms with Gasteiger partial charge in [0.05, 0.1) is 6.54 Å². The van der Waals surface area contributed by atoms with E-state index in [-0.39, 0.29) is 18.5 Å². The standard InChI is InChI=1S/C10H17N5O/c1-7(2)13-9(16)6-15(3)10-12-5-4-8(11)14-10/h4-5,7H,6H2,1-3H3,(H,13,16)(H2,11,12,14). The van der Waals surface area contributed by atoms with Crippen LogP contribution < -0.4 is 16.0 Å². The van der Waals surface area contributed by atoms with Gasteiger partial charge in [0, 0.05) is 19.3 Å². The minimum atomic E-state index is -0.0662. The predicted molar refractivity (Wildman–Crippen MR) is 63.0 cm³/mol. The van der Waals surface area contributed by atoms with Crippen LogP contribution in [0, 0.1) is 0 Å². The molecule has 6 nitrogen and oxygen atoms in total. The second-order valence-corrected chi connectivity index (χ2v) is 3.86. The zero-order valence-corrected chi connectivity index (χ0v) is 9.77. The predicted octanol–water partition coefficient (Wildman–Crippen LogP) is 0.0196. The van der Waals surface area contributed by atoms with Crippen molar-refractivity contribution < 1.29 is 4.79 Å². The van der Waals surface area contributed by atoms with Crippen LogP contribution in [0.1, 0.15) is 13.8 Å². The van der Waals surface area contributed by atoms with Gasteiger partial charge in [-0.1, -0.05) is 0 Å². The van der Waals surface area contributed by atoms with Crippen LogP contribution in [0.15, 0.2) is 12.3 Å². The van der Waals surface area contributed by atoms with Gasteiger partial charge in [-0.25, -0.2) is 4.98 Å². The van der Waals surface area contributed by atoms with Crippen molar-refractivity contribution in [1.82, 2.24) is 15.3 Å². The number of carbonyl (C=O) groups is 1. The Morgan fingerprint density at radius 3 is 2.88 bits per heavy atom. The van der Waals surface area contributed by atoms with Crippen LogP contribution in [0.5, 0.6) is 0 Å². The van der Waals surface area contributed by atoms with Gasteiger partial charge < -0.3 is 16.0 Å². The van der Waals surface area contributed by atoms with E-state index < -0.39 is 0 Å². The minimum Gasteiger partial charge on any atom is -0.384 e. The summed E-state index contributed by atoms with van der Waals surface area (Å²) in [6, 6.07) is 1.73. The Morgan fingerprint density at radius 1 is 1.62 bits per heavy atom. The molecular weight excluding hydrogens is 206 g/mol. The van der Waals surface area contributed by atoms with E-state index in [1.165, 1.54) is 0 Å². The highest BCUT2D eigenvalue weighted by atomic mass is 16.2. The highest BCUT2D eigenvalue weighted by molar-refractivity contribution is 5.80. The molecule has 16 heavy (non-hydrogen) atoms. The van der Waals surface area contributed by atoms with Crippen molar-refractivity contribution in [2.24, 2.45) is 0 Å². The van der Waals surface area contributed by atoms with Crippen molar-refractivity contribution in [1.29, 1.82) is 0 Å². The number of rotatable bonds is 4. The molecule has 0 aliphatic carbocycles. The summed E-state index contributed by atoms with van der Waals surface area (Å²) in [6.07, 6.45) is 1.56. The first-order chi connectivity index (χ1) is 7.49. The first-order valence-electron chi connectivity index (χ1n) is 5.08. The Hall–Kier alpha value is -1.85. The molecule has 0 atom stereocenters. The maximum atomic E-state index is 11.5. The average molecular weight is 223 g/mol. The lowest BCUT2D eigenvalue weighted by Gasteiger charge is -2.17. The SMILES string of the molecule is CC(C)NC(=O)CN(C)c1nccc(N)n1. The van der Waals surface area contributed by atoms with Crippen LogP contribution in [0.2, 0.25) is 0 Å². The van der Waals surface area contributed by atoms with Gasteiger partial charge in [-0.05, 0) is 19.9 Å². The Morgan fingerprint density at radius 2 is 2.31 bits per heavy atom. The summed E-state index contributed by atoms with van der Waals surface area (Å²) in [6.45, 7) is 4.03. The summed E-state index contributed by atoms with van der Waals surface area (Å²) in [7, 11) is 1.74. The van der Waals surface area contributed by atoms with Gasteiger partial charge in [0.2, 0.25) is 11.9 Å². The van der Waals surface area contributed by atoms with Gasteiger partial charge in [0.25, 0.3) is 0 Å². The molecule has 0 unspecified atom stereocenters. The maximum absolute atomic E-state index is 11.5. The number of nitrogens with one attached hydrogen (secondary N) is 1. The van der Waals surface area contributed by atoms with E-state index in [0.29, 0.717) is 11.8 Å². The Balaban J connectivity index is 2.58. The lowest BCUT2D eigenvalue weighted by Crippen LogP contribution is -2.39. The van der Waals surface area contributed by atoms with E-state index in [0.717, 1.165) is 0 Å². The molecule has 88 valence electrons. The minimum absolute atomic E-state index is 0.0662. The largest absolute Gasteiger partial charge is 0.384 e. The molecule has 0 radical (unpaired) electrons. The maximum Gasteiger partial charge on any atom is 0.239 e. The summed E-state index contributed by atoms with van der Waals surface area (Å²) in [5.74, 6) is 0.767. The smallest absolute Gasteiger partial charge is 0.239 e. The molecule has 0 aliphatic heterocycles. The van der Waals surface area contributed by atoms with E-state index in [2.05, 4.69) is 15.3 Å². The molecule has 3 N–H and O–H groups in total. The summed E-state index contributed by atoms with van der Waals surface area (Å²) >= 11 is 0. The fourth-order valence-electron chi connectivity index (χ4n) is 1.20. The van der Waals surface area contributed by atoms with Crippen molar-refractivity contribution in [3.63, 3.8) is 0 Å². The van der Waals surface area contributed by atoms with Gasteiger partial charge in [-0.3, -0.25) is 4.79 Å². The second kappa shape index (κ2) is 5.29. The highest BCUT2D eigenvalue weighted by Crippen LogP contribution is 2.05. The van der Waals surface area contributed by atoms with Crippen LogP contribution in [-0.2, 0) is 4.79 Å². The number of hydrogen-bond donors (Lipinski definition) is 2. The number of carbonyl (C=O) groups excluding carboxylic acids is 1. The lowest BCUT2D eigenvalue weighted by molar-refractivity contribution is -0.120. The second-order valence-electron chi connectivity index (χ2n) is 3.86. The zero-order chi connectivity index (χ0) is 12.1. The molecule has 1 amide bonds. The van der Waals surface area contributed by atoms with E-state index in [1.807, 2.05) is 13.8 Å². The topological polar surface area (TPSA) is 84.1 Å². The molecule has 0 saturated carbocycles. The van der Waals surface area contributed by atoms with Gasteiger partial charge >= 0.3 is 0 Å². The number of amides is 1. The number of anilines is 2. The Labute approximate surface area is 94.9 Å². The molecule has 0 saturated heterocycles. The molecule has 1 aromatic rings. The Bertz CT molecular complexity index is 366. The van der Waals surface area contributed by atoms with Crippen LogP contribution >= 0.6 is 0 Å². The number of nitrogens with two attached hydrogens (primary N) is 1. The van der Waals surface area contributed by atoms with Crippen LogP contribution in [0.4, 0.5) is 11.8 Å². The van der Waals surface area contributed by atoms with Gasteiger partial charge in [-0.15, -0.1) is 0 Å². The number of aromatic nitrogens is 2. The molecule has 0 fully saturated rings. The number of likely N-dealkylation sites (N-methyl/N-ethyl adjacent to an activating group) is 1. The molecule has 0 aliphatic rings. The fourth-order valence-corrected chi connectivity index (χ4v) is 1.20. The number of hydrogen-bond acceptors (Lipinski definition) is 5. The number of nitrogens with zero attached hydrogens (tertiary/aromatic N) is 3. The van der Waals surface area contributed by atoms with E-state index >= 15 is 0 Å². The fraction of sp³-hybridized carbons (Fsp3) is 0.500. The Kier molecular flexibility index (Phi) is 4.04. The van der Waals surface area contributed by atoms with E-state index in [1.54, 1.807) is 24.2 Å². The lowest BCUT2D eigenvalue weighted by atomic mass is 10.4. The zero-order valence-electron chi connectivity index (χ0n) is 9.77. The van der Waals surface area contributed by atoms with Gasteiger partial charge in [0.1, 0.15) is 5.82 Å². The van der Waals surface area contributed by atoms with Crippen molar-refractivity contribution >= 4 is 17.7 Å². The third-order valence-electron chi connectivity index (χ3n) is 1.84. The summed E-state index contributed by atoms with van der Waals surface area (Å²) in [5.41, 5.74) is 5.53. The van der Waals surface area contributed by atoms with Crippen molar-refractivity contribution in [2.75, 3.05) is 24.2 Å². The van der Waals surface area contributed by atoms with Crippen molar-refractivity contribution in [3.8, 4) is 0 Å². The van der Waals surface area contributed by atoms with Gasteiger partial charge in [-0.2, -0.15) is 4.98 Å². The van der Waals surface area contributed by atoms with E-state index in [9.17, 15) is 4.79 Å². The normalized spacial score (nSPS) is 10.2. The molecule has 1 heterocycles. The average Bonchev–Trinajstić information content (AvgIpc) is 2.16. The van der Waals surface area contributed by atoms with Crippen molar-refractivity contribution in [2.45, 2.75) is 19.9 Å². The third-order valence-corrected chi connectivity index (χ3v) is 1.84. The first-order valence-corrected chi connectivity index (χ1v) is 5.08. The van der Waals surface area contributed by atoms with Crippen LogP contribution in [0.3, 0.4) is 0 Å². The molecule has 0 spiro atoms. The van der Waals surface area contributed by atoms with Crippen LogP contribution in [-0.4, -0.2) is 35.5 Å². The molecule has 6 heteroatoms. The molecule has 0 aromatic carbocycles. The van der Waals surface area contributed by atoms with Gasteiger partial charge in [0.15, 0.2) is 0 Å². The van der Waals surface area contributed by atoms with Crippen molar-refractivity contribution in [3.05, 3.63) is 12.3 Å². The summed E-state index contributed by atoms with van der Waals surface area (Å²) < 4.78 is 0. The van der Waals surface area contributed by atoms with Crippen LogP contribution in [0.25, 0.3) is 0 Å². The number of nitrogen functional groups attached to an aromatic ring is 1. The summed E-state index contributed by atoms with van der Waals surface area (Å²) in [4.78, 5) is 21.2. The highest BCUT2D eigenvalue weighted by Gasteiger charge is 2.10. The third kappa shape index (κ3) is 3.72. The monoisotopic (exact) mass is 223 g/mol.